The summed E-state index contributed by atoms with van der Waals surface area (Å²) in [5, 5.41) is 3.41. The van der Waals surface area contributed by atoms with Crippen molar-refractivity contribution in [2.75, 3.05) is 20.3 Å². The lowest BCUT2D eigenvalue weighted by atomic mass is 10.00. The summed E-state index contributed by atoms with van der Waals surface area (Å²) in [5.74, 6) is 0. The topological polar surface area (TPSA) is 34.1 Å². The predicted octanol–water partition coefficient (Wildman–Crippen LogP) is 0.915. The summed E-state index contributed by atoms with van der Waals surface area (Å²) in [6.07, 6.45) is 2.88. The zero-order chi connectivity index (χ0) is 9.10. The maximum Gasteiger partial charge on any atom is 0.0658 e. The molecule has 1 aliphatic rings. The normalized spacial score (nSPS) is 21.2. The molecule has 13 heavy (non-hydrogen) atoms. The molecule has 0 radical (unpaired) electrons. The minimum absolute atomic E-state index is 0.322. The van der Waals surface area contributed by atoms with Gasteiger partial charge in [0.15, 0.2) is 0 Å². The molecule has 1 unspecified atom stereocenters. The molecule has 2 heterocycles. The molecule has 3 heteroatoms. The van der Waals surface area contributed by atoms with E-state index in [0.717, 1.165) is 19.6 Å². The summed E-state index contributed by atoms with van der Waals surface area (Å²) < 4.78 is 5.15. The summed E-state index contributed by atoms with van der Waals surface area (Å²) in [7, 11) is 1.73. The van der Waals surface area contributed by atoms with Gasteiger partial charge in [-0.25, -0.2) is 0 Å². The average molecular weight is 178 g/mol. The Morgan fingerprint density at radius 2 is 2.62 bits per heavy atom. The highest BCUT2D eigenvalue weighted by atomic mass is 16.5. The zero-order valence-electron chi connectivity index (χ0n) is 7.79. The van der Waals surface area contributed by atoms with E-state index < -0.39 is 0 Å². The third-order valence-corrected chi connectivity index (χ3v) is 2.39. The fourth-order valence-electron chi connectivity index (χ4n) is 1.77. The Labute approximate surface area is 78.1 Å². The van der Waals surface area contributed by atoms with Gasteiger partial charge in [0.1, 0.15) is 0 Å². The minimum atomic E-state index is 0.322. The number of pyridine rings is 1. The second kappa shape index (κ2) is 3.85. The van der Waals surface area contributed by atoms with Crippen molar-refractivity contribution >= 4 is 0 Å². The van der Waals surface area contributed by atoms with E-state index in [0.29, 0.717) is 6.04 Å². The van der Waals surface area contributed by atoms with Crippen molar-refractivity contribution in [2.45, 2.75) is 12.5 Å². The van der Waals surface area contributed by atoms with Crippen molar-refractivity contribution < 1.29 is 4.74 Å². The molecule has 0 aliphatic carbocycles. The van der Waals surface area contributed by atoms with Gasteiger partial charge in [0.25, 0.3) is 0 Å². The summed E-state index contributed by atoms with van der Waals surface area (Å²) >= 11 is 0. The van der Waals surface area contributed by atoms with E-state index in [4.69, 9.17) is 4.74 Å². The number of aromatic nitrogens is 1. The van der Waals surface area contributed by atoms with Crippen LogP contribution in [-0.2, 0) is 11.2 Å². The fourth-order valence-corrected chi connectivity index (χ4v) is 1.77. The zero-order valence-corrected chi connectivity index (χ0v) is 7.79. The summed E-state index contributed by atoms with van der Waals surface area (Å²) in [6, 6.07) is 4.43. The minimum Gasteiger partial charge on any atom is -0.383 e. The lowest BCUT2D eigenvalue weighted by Gasteiger charge is -2.25. The van der Waals surface area contributed by atoms with Crippen molar-refractivity contribution in [3.8, 4) is 0 Å². The standard InChI is InChI=1S/C10H14N2O/c1-13-7-10-8-3-2-5-11-9(8)4-6-12-10/h2-3,5,10,12H,4,6-7H2,1H3. The van der Waals surface area contributed by atoms with Crippen LogP contribution in [-0.4, -0.2) is 25.2 Å². The molecule has 0 spiro atoms. The van der Waals surface area contributed by atoms with E-state index in [1.54, 1.807) is 7.11 Å². The fraction of sp³-hybridized carbons (Fsp3) is 0.500. The highest BCUT2D eigenvalue weighted by Gasteiger charge is 2.19. The first kappa shape index (κ1) is 8.66. The predicted molar refractivity (Wildman–Crippen MR) is 50.6 cm³/mol. The molecule has 0 amide bonds. The molecule has 1 aromatic heterocycles. The van der Waals surface area contributed by atoms with Crippen molar-refractivity contribution in [1.82, 2.24) is 10.3 Å². The summed E-state index contributed by atoms with van der Waals surface area (Å²) in [4.78, 5) is 4.36. The molecule has 0 fully saturated rings. The van der Waals surface area contributed by atoms with E-state index in [-0.39, 0.29) is 0 Å². The summed E-state index contributed by atoms with van der Waals surface area (Å²) in [6.45, 7) is 1.72. The van der Waals surface area contributed by atoms with Crippen molar-refractivity contribution in [3.05, 3.63) is 29.6 Å². The van der Waals surface area contributed by atoms with Crippen molar-refractivity contribution in [3.63, 3.8) is 0 Å². The van der Waals surface area contributed by atoms with Gasteiger partial charge in [-0.2, -0.15) is 0 Å². The van der Waals surface area contributed by atoms with Crippen LogP contribution in [0.15, 0.2) is 18.3 Å². The number of hydrogen-bond donors (Lipinski definition) is 1. The van der Waals surface area contributed by atoms with E-state index >= 15 is 0 Å². The van der Waals surface area contributed by atoms with Gasteiger partial charge in [0.2, 0.25) is 0 Å². The van der Waals surface area contributed by atoms with Crippen molar-refractivity contribution in [1.29, 1.82) is 0 Å². The van der Waals surface area contributed by atoms with E-state index in [2.05, 4.69) is 16.4 Å². The molecule has 1 aromatic rings. The van der Waals surface area contributed by atoms with Gasteiger partial charge >= 0.3 is 0 Å². The lowest BCUT2D eigenvalue weighted by molar-refractivity contribution is 0.164. The first-order chi connectivity index (χ1) is 6.42. The van der Waals surface area contributed by atoms with Gasteiger partial charge < -0.3 is 10.1 Å². The largest absolute Gasteiger partial charge is 0.383 e. The molecule has 1 N–H and O–H groups in total. The van der Waals surface area contributed by atoms with Crippen LogP contribution in [0.3, 0.4) is 0 Å². The SMILES string of the molecule is COCC1NCCc2ncccc21. The first-order valence-electron chi connectivity index (χ1n) is 4.58. The van der Waals surface area contributed by atoms with Gasteiger partial charge in [0, 0.05) is 32.0 Å². The molecule has 0 saturated heterocycles. The van der Waals surface area contributed by atoms with Crippen LogP contribution in [0.1, 0.15) is 17.3 Å². The van der Waals surface area contributed by atoms with Gasteiger partial charge in [0.05, 0.1) is 12.6 Å². The van der Waals surface area contributed by atoms with Gasteiger partial charge in [-0.15, -0.1) is 0 Å². The Bertz CT molecular complexity index is 288. The molecule has 2 rings (SSSR count). The smallest absolute Gasteiger partial charge is 0.0658 e. The van der Waals surface area contributed by atoms with E-state index in [1.165, 1.54) is 11.3 Å². The number of hydrogen-bond acceptors (Lipinski definition) is 3. The average Bonchev–Trinajstić information content (AvgIpc) is 2.19. The molecule has 0 saturated carbocycles. The molecule has 0 bridgehead atoms. The van der Waals surface area contributed by atoms with Crippen LogP contribution in [0, 0.1) is 0 Å². The van der Waals surface area contributed by atoms with Crippen molar-refractivity contribution in [2.24, 2.45) is 0 Å². The maximum absolute atomic E-state index is 5.15. The highest BCUT2D eigenvalue weighted by molar-refractivity contribution is 5.26. The Balaban J connectivity index is 2.26. The highest BCUT2D eigenvalue weighted by Crippen LogP contribution is 2.20. The lowest BCUT2D eigenvalue weighted by Crippen LogP contribution is -2.33. The number of fused-ring (bicyclic) bond motifs is 1. The van der Waals surface area contributed by atoms with Gasteiger partial charge in [-0.05, 0) is 11.6 Å². The second-order valence-electron chi connectivity index (χ2n) is 3.25. The Hall–Kier alpha value is -0.930. The van der Waals surface area contributed by atoms with Crippen LogP contribution >= 0.6 is 0 Å². The third kappa shape index (κ3) is 1.71. The Kier molecular flexibility index (Phi) is 2.57. The van der Waals surface area contributed by atoms with Gasteiger partial charge in [-0.1, -0.05) is 6.07 Å². The number of ether oxygens (including phenoxy) is 1. The van der Waals surface area contributed by atoms with Crippen LogP contribution < -0.4 is 5.32 Å². The van der Waals surface area contributed by atoms with E-state index in [9.17, 15) is 0 Å². The third-order valence-electron chi connectivity index (χ3n) is 2.39. The number of nitrogens with one attached hydrogen (secondary N) is 1. The summed E-state index contributed by atoms with van der Waals surface area (Å²) in [5.41, 5.74) is 2.50. The van der Waals surface area contributed by atoms with Crippen LogP contribution in [0.2, 0.25) is 0 Å². The maximum atomic E-state index is 5.15. The van der Waals surface area contributed by atoms with Crippen LogP contribution in [0.4, 0.5) is 0 Å². The quantitative estimate of drug-likeness (QED) is 0.731. The number of methoxy groups -OCH3 is 1. The number of rotatable bonds is 2. The number of nitrogens with zero attached hydrogens (tertiary/aromatic N) is 1. The molecule has 1 atom stereocenters. The Morgan fingerprint density at radius 1 is 1.69 bits per heavy atom. The molecular formula is C10H14N2O. The second-order valence-corrected chi connectivity index (χ2v) is 3.25. The molecular weight excluding hydrogens is 164 g/mol. The first-order valence-corrected chi connectivity index (χ1v) is 4.58. The van der Waals surface area contributed by atoms with Crippen LogP contribution in [0.5, 0.6) is 0 Å². The molecule has 3 nitrogen and oxygen atoms in total. The Morgan fingerprint density at radius 3 is 3.46 bits per heavy atom. The molecule has 0 aromatic carbocycles. The molecule has 1 aliphatic heterocycles. The monoisotopic (exact) mass is 178 g/mol. The van der Waals surface area contributed by atoms with Crippen LogP contribution in [0.25, 0.3) is 0 Å². The van der Waals surface area contributed by atoms with E-state index in [1.807, 2.05) is 12.3 Å². The van der Waals surface area contributed by atoms with Gasteiger partial charge in [-0.3, -0.25) is 4.98 Å². The molecule has 70 valence electrons.